The van der Waals surface area contributed by atoms with E-state index in [4.69, 9.17) is 21.1 Å². The first-order valence-corrected chi connectivity index (χ1v) is 6.72. The highest BCUT2D eigenvalue weighted by molar-refractivity contribution is 6.29. The van der Waals surface area contributed by atoms with Crippen molar-refractivity contribution in [2.45, 2.75) is 13.5 Å². The van der Waals surface area contributed by atoms with E-state index in [-0.39, 0.29) is 12.4 Å². The van der Waals surface area contributed by atoms with E-state index in [9.17, 15) is 4.39 Å². The summed E-state index contributed by atoms with van der Waals surface area (Å²) in [5.41, 5.74) is 0.630. The van der Waals surface area contributed by atoms with Gasteiger partial charge in [0, 0.05) is 24.4 Å². The summed E-state index contributed by atoms with van der Waals surface area (Å²) in [4.78, 5) is 8.34. The zero-order valence-electron chi connectivity index (χ0n) is 11.7. The number of benzene rings is 1. The number of rotatable bonds is 6. The minimum absolute atomic E-state index is 0.148. The largest absolute Gasteiger partial charge is 0.494 e. The van der Waals surface area contributed by atoms with Crippen molar-refractivity contribution in [3.05, 3.63) is 41.1 Å². The van der Waals surface area contributed by atoms with Crippen molar-refractivity contribution in [1.29, 1.82) is 0 Å². The monoisotopic (exact) mass is 311 g/mol. The van der Waals surface area contributed by atoms with Crippen LogP contribution in [0.25, 0.3) is 0 Å². The summed E-state index contributed by atoms with van der Waals surface area (Å²) < 4.78 is 23.5. The summed E-state index contributed by atoms with van der Waals surface area (Å²) in [6.07, 6.45) is 0. The molecule has 2 aromatic rings. The molecule has 0 saturated carbocycles. The first-order chi connectivity index (χ1) is 10.1. The van der Waals surface area contributed by atoms with Crippen LogP contribution in [-0.4, -0.2) is 23.7 Å². The summed E-state index contributed by atoms with van der Waals surface area (Å²) >= 11 is 5.95. The maximum absolute atomic E-state index is 13.4. The molecule has 0 aliphatic rings. The Kier molecular flexibility index (Phi) is 5.30. The molecular weight excluding hydrogens is 297 g/mol. The maximum atomic E-state index is 13.4. The second-order valence-electron chi connectivity index (χ2n) is 4.10. The third kappa shape index (κ3) is 4.27. The normalized spacial score (nSPS) is 10.5. The minimum Gasteiger partial charge on any atom is -0.494 e. The number of ether oxygens (including phenoxy) is 2. The Morgan fingerprint density at radius 3 is 2.81 bits per heavy atom. The van der Waals surface area contributed by atoms with Gasteiger partial charge in [0.15, 0.2) is 17.4 Å². The standard InChI is InChI=1S/C14H15ClFN3O2/c1-3-21-8-14-18-12(15)7-13(19-14)17-9-4-5-10(16)11(6-9)20-2/h4-7H,3,8H2,1-2H3,(H,17,18,19). The summed E-state index contributed by atoms with van der Waals surface area (Å²) in [5, 5.41) is 3.33. The first kappa shape index (κ1) is 15.5. The van der Waals surface area contributed by atoms with Gasteiger partial charge >= 0.3 is 0 Å². The van der Waals surface area contributed by atoms with Crippen molar-refractivity contribution in [1.82, 2.24) is 9.97 Å². The third-order valence-electron chi connectivity index (χ3n) is 2.60. The van der Waals surface area contributed by atoms with Gasteiger partial charge in [0.1, 0.15) is 17.6 Å². The molecular formula is C14H15ClFN3O2. The summed E-state index contributed by atoms with van der Waals surface area (Å²) in [6, 6.07) is 6.00. The van der Waals surface area contributed by atoms with Gasteiger partial charge in [0.05, 0.1) is 7.11 Å². The molecule has 0 radical (unpaired) electrons. The number of nitrogens with one attached hydrogen (secondary N) is 1. The zero-order valence-corrected chi connectivity index (χ0v) is 12.4. The fraction of sp³-hybridized carbons (Fsp3) is 0.286. The van der Waals surface area contributed by atoms with E-state index in [1.54, 1.807) is 12.1 Å². The number of hydrogen-bond donors (Lipinski definition) is 1. The number of aromatic nitrogens is 2. The third-order valence-corrected chi connectivity index (χ3v) is 2.79. The molecule has 1 N–H and O–H groups in total. The quantitative estimate of drug-likeness (QED) is 0.827. The van der Waals surface area contributed by atoms with Crippen molar-refractivity contribution < 1.29 is 13.9 Å². The van der Waals surface area contributed by atoms with E-state index in [1.165, 1.54) is 19.2 Å². The fourth-order valence-electron chi connectivity index (χ4n) is 1.67. The Hall–Kier alpha value is -1.92. The number of methoxy groups -OCH3 is 1. The molecule has 1 aromatic carbocycles. The summed E-state index contributed by atoms with van der Waals surface area (Å²) in [7, 11) is 1.41. The minimum atomic E-state index is -0.430. The predicted octanol–water partition coefficient (Wildman–Crippen LogP) is 3.56. The van der Waals surface area contributed by atoms with Crippen LogP contribution in [0.5, 0.6) is 5.75 Å². The van der Waals surface area contributed by atoms with Crippen LogP contribution in [0.1, 0.15) is 12.7 Å². The smallest absolute Gasteiger partial charge is 0.165 e. The highest BCUT2D eigenvalue weighted by Gasteiger charge is 2.07. The van der Waals surface area contributed by atoms with Crippen LogP contribution in [0.4, 0.5) is 15.9 Å². The molecule has 0 saturated heterocycles. The lowest BCUT2D eigenvalue weighted by atomic mass is 10.3. The second-order valence-corrected chi connectivity index (χ2v) is 4.49. The number of anilines is 2. The van der Waals surface area contributed by atoms with Gasteiger partial charge in [-0.3, -0.25) is 0 Å². The van der Waals surface area contributed by atoms with Crippen LogP contribution in [-0.2, 0) is 11.3 Å². The SMILES string of the molecule is CCOCc1nc(Cl)cc(Nc2ccc(F)c(OC)c2)n1. The molecule has 0 fully saturated rings. The van der Waals surface area contributed by atoms with E-state index in [0.29, 0.717) is 29.1 Å². The fourth-order valence-corrected chi connectivity index (χ4v) is 1.87. The molecule has 0 atom stereocenters. The summed E-state index contributed by atoms with van der Waals surface area (Å²) in [6.45, 7) is 2.72. The van der Waals surface area contributed by atoms with Crippen LogP contribution >= 0.6 is 11.6 Å². The first-order valence-electron chi connectivity index (χ1n) is 6.34. The molecule has 0 spiro atoms. The van der Waals surface area contributed by atoms with E-state index in [2.05, 4.69) is 15.3 Å². The van der Waals surface area contributed by atoms with Gasteiger partial charge in [-0.2, -0.15) is 0 Å². The molecule has 21 heavy (non-hydrogen) atoms. The molecule has 1 heterocycles. The van der Waals surface area contributed by atoms with E-state index in [1.807, 2.05) is 6.92 Å². The van der Waals surface area contributed by atoms with Gasteiger partial charge in [-0.15, -0.1) is 0 Å². The number of hydrogen-bond acceptors (Lipinski definition) is 5. The molecule has 112 valence electrons. The van der Waals surface area contributed by atoms with Crippen LogP contribution < -0.4 is 10.1 Å². The zero-order chi connectivity index (χ0) is 15.2. The van der Waals surface area contributed by atoms with E-state index >= 15 is 0 Å². The van der Waals surface area contributed by atoms with Crippen LogP contribution in [0.15, 0.2) is 24.3 Å². The Morgan fingerprint density at radius 2 is 2.10 bits per heavy atom. The predicted molar refractivity (Wildman–Crippen MR) is 78.6 cm³/mol. The molecule has 0 unspecified atom stereocenters. The maximum Gasteiger partial charge on any atom is 0.165 e. The van der Waals surface area contributed by atoms with Gasteiger partial charge in [-0.25, -0.2) is 14.4 Å². The number of halogens is 2. The average molecular weight is 312 g/mol. The Morgan fingerprint density at radius 1 is 1.29 bits per heavy atom. The molecule has 0 amide bonds. The van der Waals surface area contributed by atoms with Gasteiger partial charge in [-0.1, -0.05) is 11.6 Å². The van der Waals surface area contributed by atoms with E-state index in [0.717, 1.165) is 0 Å². The van der Waals surface area contributed by atoms with Gasteiger partial charge in [0.25, 0.3) is 0 Å². The van der Waals surface area contributed by atoms with Gasteiger partial charge in [-0.05, 0) is 19.1 Å². The Balaban J connectivity index is 2.20. The van der Waals surface area contributed by atoms with Crippen LogP contribution in [0.3, 0.4) is 0 Å². The molecule has 0 aliphatic heterocycles. The van der Waals surface area contributed by atoms with Crippen molar-refractivity contribution in [2.24, 2.45) is 0 Å². The van der Waals surface area contributed by atoms with Gasteiger partial charge in [0.2, 0.25) is 0 Å². The molecule has 1 aromatic heterocycles. The lowest BCUT2D eigenvalue weighted by Crippen LogP contribution is -2.03. The lowest BCUT2D eigenvalue weighted by Gasteiger charge is -2.09. The van der Waals surface area contributed by atoms with Gasteiger partial charge < -0.3 is 14.8 Å². The van der Waals surface area contributed by atoms with Crippen LogP contribution in [0, 0.1) is 5.82 Å². The van der Waals surface area contributed by atoms with E-state index < -0.39 is 5.82 Å². The van der Waals surface area contributed by atoms with Crippen molar-refractivity contribution in [3.8, 4) is 5.75 Å². The molecule has 0 bridgehead atoms. The van der Waals surface area contributed by atoms with Crippen molar-refractivity contribution in [2.75, 3.05) is 19.0 Å². The Bertz CT molecular complexity index is 625. The number of nitrogens with zero attached hydrogens (tertiary/aromatic N) is 2. The van der Waals surface area contributed by atoms with Crippen molar-refractivity contribution >= 4 is 23.1 Å². The molecule has 5 nitrogen and oxygen atoms in total. The average Bonchev–Trinajstić information content (AvgIpc) is 2.46. The lowest BCUT2D eigenvalue weighted by molar-refractivity contribution is 0.128. The molecule has 0 aliphatic carbocycles. The molecule has 7 heteroatoms. The molecule has 2 rings (SSSR count). The van der Waals surface area contributed by atoms with Crippen LogP contribution in [0.2, 0.25) is 5.15 Å². The topological polar surface area (TPSA) is 56.3 Å². The Labute approximate surface area is 127 Å². The highest BCUT2D eigenvalue weighted by Crippen LogP contribution is 2.24. The van der Waals surface area contributed by atoms with Crippen molar-refractivity contribution in [3.63, 3.8) is 0 Å². The highest BCUT2D eigenvalue weighted by atomic mass is 35.5. The summed E-state index contributed by atoms with van der Waals surface area (Å²) in [5.74, 6) is 0.690. The second kappa shape index (κ2) is 7.19.